The number of para-hydroxylation sites is 1. The maximum atomic E-state index is 14.5. The van der Waals surface area contributed by atoms with E-state index in [1.165, 1.54) is 32.4 Å². The third-order valence-corrected chi connectivity index (χ3v) is 18.9. The third-order valence-electron chi connectivity index (χ3n) is 18.9. The van der Waals surface area contributed by atoms with Crippen LogP contribution in [0.25, 0.3) is 0 Å². The lowest BCUT2D eigenvalue weighted by Crippen LogP contribution is -2.61. The third kappa shape index (κ3) is 14.7. The largest absolute Gasteiger partial charge is 0.507 e. The maximum Gasteiger partial charge on any atom is 0.252 e. The van der Waals surface area contributed by atoms with Crippen LogP contribution in [0.4, 0.5) is 5.69 Å². The fourth-order valence-electron chi connectivity index (χ4n) is 13.7. The van der Waals surface area contributed by atoms with Gasteiger partial charge in [-0.1, -0.05) is 68.2 Å². The molecular formula is C69H81N7O23. The number of aromatic hydroxyl groups is 2. The van der Waals surface area contributed by atoms with Gasteiger partial charge in [-0.2, -0.15) is 0 Å². The zero-order valence-electron chi connectivity index (χ0n) is 55.0. The van der Waals surface area contributed by atoms with Crippen LogP contribution < -0.4 is 36.2 Å². The van der Waals surface area contributed by atoms with Gasteiger partial charge < -0.3 is 105 Å². The smallest absolute Gasteiger partial charge is 0.252 e. The summed E-state index contributed by atoms with van der Waals surface area (Å²) in [6.07, 6.45) is -15.7. The van der Waals surface area contributed by atoms with Crippen molar-refractivity contribution in [3.63, 3.8) is 0 Å². The Morgan fingerprint density at radius 2 is 1.48 bits per heavy atom. The molecule has 11 rings (SSSR count). The van der Waals surface area contributed by atoms with Gasteiger partial charge in [0.25, 0.3) is 5.91 Å². The van der Waals surface area contributed by atoms with Crippen LogP contribution in [-0.4, -0.2) is 233 Å². The highest BCUT2D eigenvalue weighted by molar-refractivity contribution is 6.31. The number of nitrogens with zero attached hydrogens (tertiary/aromatic N) is 2. The van der Waals surface area contributed by atoms with Crippen LogP contribution in [0.2, 0.25) is 0 Å². The fraction of sp³-hybridized carbons (Fsp3) is 0.507. The van der Waals surface area contributed by atoms with Gasteiger partial charge in [0.15, 0.2) is 30.9 Å². The van der Waals surface area contributed by atoms with Gasteiger partial charge in [0.1, 0.15) is 65.5 Å². The van der Waals surface area contributed by atoms with E-state index >= 15 is 0 Å². The topological polar surface area (TPSA) is 419 Å². The molecule has 0 spiro atoms. The lowest BCUT2D eigenvalue weighted by Gasteiger charge is -2.43. The van der Waals surface area contributed by atoms with Crippen LogP contribution in [0.5, 0.6) is 17.2 Å². The molecule has 99 heavy (non-hydrogen) atoms. The molecule has 5 heterocycles. The lowest BCUT2D eigenvalue weighted by atomic mass is 9.72. The minimum atomic E-state index is -2.52. The Morgan fingerprint density at radius 1 is 0.758 bits per heavy atom. The number of phenols is 2. The van der Waals surface area contributed by atoms with Crippen molar-refractivity contribution in [2.45, 2.75) is 157 Å². The van der Waals surface area contributed by atoms with Gasteiger partial charge in [-0.05, 0) is 42.7 Å². The van der Waals surface area contributed by atoms with Crippen LogP contribution in [0.1, 0.15) is 119 Å². The Kier molecular flexibility index (Phi) is 22.1. The number of anilines is 1. The molecule has 30 heteroatoms. The average Bonchev–Trinajstić information content (AvgIpc) is 1.13. The molecule has 30 nitrogen and oxygen atoms in total. The highest BCUT2D eigenvalue weighted by atomic mass is 16.7. The van der Waals surface area contributed by atoms with Gasteiger partial charge in [0, 0.05) is 106 Å². The molecule has 0 aromatic heterocycles. The predicted molar refractivity (Wildman–Crippen MR) is 343 cm³/mol. The molecule has 0 saturated carbocycles. The van der Waals surface area contributed by atoms with E-state index in [0.29, 0.717) is 24.4 Å². The molecule has 12 N–H and O–H groups in total. The second kappa shape index (κ2) is 30.5. The van der Waals surface area contributed by atoms with E-state index < -0.39 is 194 Å². The van der Waals surface area contributed by atoms with Gasteiger partial charge in [-0.3, -0.25) is 43.3 Å². The molecule has 0 radical (unpaired) electrons. The molecule has 7 aliphatic rings. The van der Waals surface area contributed by atoms with Gasteiger partial charge in [0.2, 0.25) is 35.3 Å². The number of aliphatic hydroxyl groups excluding tert-OH is 4. The van der Waals surface area contributed by atoms with E-state index in [4.69, 9.17) is 37.9 Å². The number of benzene rings is 4. The molecule has 4 saturated heterocycles. The first-order chi connectivity index (χ1) is 47.4. The van der Waals surface area contributed by atoms with E-state index in [1.54, 1.807) is 37.8 Å². The number of ether oxygens (including phenoxy) is 8. The SMILES string of the molecule is COc1cccc2c1C(=O)c1c(O)c3c(c(O)c1C2=O)C[C@@](O)(C(=O)NCCNC(=O)[C@H](CO[C@@H]1O[C@H](CO)[C@@H](O)[C@H](O)[C@H]1O)NC(=O)[C@@H](NC(=O)CCNC(=O)CCC(=O)N1Cc2ccccc2C#Cc2ccccc21)C(C)C)C[C@@H]3O[C@H]1C[C@H]2[C@H](O[C@@H]3[C@@H](OC)OCCN32)[C@H](C)O1. The molecule has 0 bridgehead atoms. The first kappa shape index (κ1) is 71.8. The summed E-state index contributed by atoms with van der Waals surface area (Å²) in [6.45, 7) is 3.32. The summed E-state index contributed by atoms with van der Waals surface area (Å²) in [7, 11) is 2.79. The Bertz CT molecular complexity index is 3840. The number of carbonyl (C=O) groups excluding carboxylic acids is 8. The predicted octanol–water partition coefficient (Wildman–Crippen LogP) is -0.942. The van der Waals surface area contributed by atoms with Crippen LogP contribution in [0, 0.1) is 17.8 Å². The van der Waals surface area contributed by atoms with E-state index in [1.807, 2.05) is 36.4 Å². The summed E-state index contributed by atoms with van der Waals surface area (Å²) in [5, 5.41) is 91.5. The highest BCUT2D eigenvalue weighted by Gasteiger charge is 2.56. The van der Waals surface area contributed by atoms with Crippen molar-refractivity contribution < 1.29 is 112 Å². The number of ketones is 2. The monoisotopic (exact) mass is 1380 g/mol. The van der Waals surface area contributed by atoms with E-state index in [2.05, 4.69) is 43.3 Å². The summed E-state index contributed by atoms with van der Waals surface area (Å²) < 4.78 is 47.3. The summed E-state index contributed by atoms with van der Waals surface area (Å²) >= 11 is 0. The van der Waals surface area contributed by atoms with Crippen molar-refractivity contribution in [2.24, 2.45) is 5.92 Å². The standard InChI is InChI=1S/C69H81N7O23/c1-33(2)54(74-47(79)21-22-70-46(78)19-20-48(80)76-30-37-13-7-6-11-35(37)17-18-36-12-8-9-15-41(36)76)64(89)73-40(32-95-66-61(87)60(86)57(83)45(31-77)98-66)63(88)71-23-24-72-68(90)69(91)28-39-51(59(85)53-52(56(39)82)55(81)38-14-10-16-43(92-4)50(38)58(53)84)44(29-69)97-49-27-42-62(34(3)96-49)99-65-67(93-5)94-26-25-75(42)65/h6-16,33-34,40,42,44-45,49,54,57,60-62,65-67,77,82-83,85-87,91H,19-32H2,1-5H3,(H,70,78)(H,71,88)(H,72,90)(H,73,89)(H,74,79)/t34-,40-,42-,44-,45+,49-,54-,57+,60-,61+,62+,65+,66+,67-,69-/m0/s1. The van der Waals surface area contributed by atoms with E-state index in [9.17, 15) is 74.1 Å². The maximum absolute atomic E-state index is 14.5. The van der Waals surface area contributed by atoms with Gasteiger partial charge >= 0.3 is 0 Å². The summed E-state index contributed by atoms with van der Waals surface area (Å²) in [6, 6.07) is 15.6. The normalized spacial score (nSPS) is 27.3. The number of rotatable bonds is 23. The molecule has 4 aromatic carbocycles. The van der Waals surface area contributed by atoms with Crippen LogP contribution >= 0.6 is 0 Å². The van der Waals surface area contributed by atoms with Gasteiger partial charge in [0.05, 0.1) is 68.1 Å². The number of hydrogen-bond donors (Lipinski definition) is 12. The van der Waals surface area contributed by atoms with Crippen molar-refractivity contribution in [2.75, 3.05) is 65.1 Å². The van der Waals surface area contributed by atoms with Crippen molar-refractivity contribution >= 4 is 52.7 Å². The number of nitrogens with one attached hydrogen (secondary N) is 5. The van der Waals surface area contributed by atoms with Gasteiger partial charge in [-0.15, -0.1) is 0 Å². The molecule has 2 aliphatic carbocycles. The Morgan fingerprint density at radius 3 is 2.23 bits per heavy atom. The molecule has 6 amide bonds. The number of hydrogen-bond acceptors (Lipinski definition) is 24. The second-order valence-electron chi connectivity index (χ2n) is 25.6. The molecular weight excluding hydrogens is 1290 g/mol. The number of morpholine rings is 1. The zero-order valence-corrected chi connectivity index (χ0v) is 55.0. The highest BCUT2D eigenvalue weighted by Crippen LogP contribution is 2.53. The van der Waals surface area contributed by atoms with Crippen LogP contribution in [0.3, 0.4) is 0 Å². The van der Waals surface area contributed by atoms with Crippen LogP contribution in [-0.2, 0) is 74.9 Å². The number of amides is 6. The molecule has 15 atom stereocenters. The fourth-order valence-corrected chi connectivity index (χ4v) is 13.7. The van der Waals surface area contributed by atoms with Crippen molar-refractivity contribution in [1.82, 2.24) is 31.5 Å². The number of methoxy groups -OCH3 is 2. The molecule has 4 fully saturated rings. The molecule has 530 valence electrons. The quantitative estimate of drug-likeness (QED) is 0.0213. The zero-order chi connectivity index (χ0) is 70.7. The second-order valence-corrected chi connectivity index (χ2v) is 25.6. The van der Waals surface area contributed by atoms with Crippen molar-refractivity contribution in [3.8, 4) is 29.1 Å². The number of aliphatic hydroxyl groups is 5. The van der Waals surface area contributed by atoms with Crippen molar-refractivity contribution in [1.29, 1.82) is 0 Å². The Hall–Kier alpha value is -8.52. The minimum absolute atomic E-state index is 0.0250. The van der Waals surface area contributed by atoms with Crippen LogP contribution in [0.15, 0.2) is 66.7 Å². The Balaban J connectivity index is 0.750. The van der Waals surface area contributed by atoms with E-state index in [0.717, 1.165) is 11.1 Å². The summed E-state index contributed by atoms with van der Waals surface area (Å²) in [4.78, 5) is 116. The lowest BCUT2D eigenvalue weighted by molar-refractivity contribution is -0.301. The first-order valence-corrected chi connectivity index (χ1v) is 32.7. The number of carbonyl (C=O) groups is 8. The average molecular weight is 1380 g/mol. The minimum Gasteiger partial charge on any atom is -0.507 e. The number of fused-ring (bicyclic) bond motifs is 8. The van der Waals surface area contributed by atoms with E-state index in [-0.39, 0.29) is 78.7 Å². The summed E-state index contributed by atoms with van der Waals surface area (Å²) in [5.74, 6) is -2.08. The van der Waals surface area contributed by atoms with Gasteiger partial charge in [-0.25, -0.2) is 0 Å². The molecule has 5 aliphatic heterocycles. The van der Waals surface area contributed by atoms with Crippen molar-refractivity contribution in [3.05, 3.63) is 117 Å². The number of phenolic OH excluding ortho intramolecular Hbond substituents is 2. The molecule has 0 unspecified atom stereocenters. The first-order valence-electron chi connectivity index (χ1n) is 32.7. The molecule has 4 aromatic rings. The summed E-state index contributed by atoms with van der Waals surface area (Å²) in [5.41, 5.74) is -1.59. The Labute approximate surface area is 568 Å².